The van der Waals surface area contributed by atoms with Crippen LogP contribution in [-0.2, 0) is 14.3 Å². The Hall–Kier alpha value is -1.99. The average Bonchev–Trinajstić information content (AvgIpc) is 3.83. The third-order valence-electron chi connectivity index (χ3n) is 8.85. The number of halogens is 2. The van der Waals surface area contributed by atoms with Crippen molar-refractivity contribution >= 4 is 41.1 Å². The molecule has 7 nitrogen and oxygen atoms in total. The minimum Gasteiger partial charge on any atom is -0.449 e. The van der Waals surface area contributed by atoms with Crippen LogP contribution in [0.5, 0.6) is 0 Å². The third-order valence-corrected chi connectivity index (χ3v) is 9.59. The second-order valence-electron chi connectivity index (χ2n) is 11.7. The Balaban J connectivity index is 1.25. The van der Waals surface area contributed by atoms with Crippen LogP contribution in [0.3, 0.4) is 0 Å². The summed E-state index contributed by atoms with van der Waals surface area (Å²) in [6, 6.07) is 5.30. The summed E-state index contributed by atoms with van der Waals surface area (Å²) in [7, 11) is 1.76. The number of carbonyl (C=O) groups excluding carboxylic acids is 3. The lowest BCUT2D eigenvalue weighted by Crippen LogP contribution is -2.46. The molecular weight excluding hydrogens is 513 g/mol. The summed E-state index contributed by atoms with van der Waals surface area (Å²) in [4.78, 5) is 44.7. The highest BCUT2D eigenvalue weighted by atomic mass is 35.5. The third kappa shape index (κ3) is 5.88. The largest absolute Gasteiger partial charge is 0.449 e. The van der Waals surface area contributed by atoms with Gasteiger partial charge >= 0.3 is 6.09 Å². The second kappa shape index (κ2) is 10.6. The molecule has 0 aromatic heterocycles. The highest BCUT2D eigenvalue weighted by molar-refractivity contribution is 6.42. The van der Waals surface area contributed by atoms with Gasteiger partial charge < -0.3 is 19.4 Å². The van der Waals surface area contributed by atoms with Crippen molar-refractivity contribution in [1.29, 1.82) is 0 Å². The second-order valence-corrected chi connectivity index (χ2v) is 12.5. The van der Waals surface area contributed by atoms with Gasteiger partial charge in [0.05, 0.1) is 22.7 Å². The van der Waals surface area contributed by atoms with E-state index >= 15 is 0 Å². The fraction of sp³-hybridized carbons (Fsp3) is 0.679. The lowest BCUT2D eigenvalue weighted by Gasteiger charge is -2.34. The van der Waals surface area contributed by atoms with Crippen molar-refractivity contribution in [3.05, 3.63) is 33.8 Å². The lowest BCUT2D eigenvalue weighted by atomic mass is 9.93. The van der Waals surface area contributed by atoms with Gasteiger partial charge in [0.15, 0.2) is 0 Å². The molecule has 1 aromatic carbocycles. The summed E-state index contributed by atoms with van der Waals surface area (Å²) in [5.74, 6) is 0.820. The first-order valence-electron chi connectivity index (χ1n) is 13.6. The number of hydrogen-bond donors (Lipinski definition) is 0. The Morgan fingerprint density at radius 3 is 2.35 bits per heavy atom. The molecule has 4 aliphatic rings. The standard InChI is InChI=1S/C28H37Cl2N3O4/c1-28(10-11-28)26(35)32-12-7-19(8-13-32)25(34)33-16-21(20-5-6-22(29)23(30)15-20)24(17-33)31(2)27(36)37-14-9-18-3-4-18/h5-6,15,18-19,21,24H,3-4,7-14,16-17H2,1-2H3/t21-,24?/m1/s1. The van der Waals surface area contributed by atoms with E-state index in [1.807, 2.05) is 28.9 Å². The molecule has 2 saturated heterocycles. The number of amides is 3. The topological polar surface area (TPSA) is 70.2 Å². The van der Waals surface area contributed by atoms with Crippen LogP contribution in [0, 0.1) is 17.3 Å². The van der Waals surface area contributed by atoms with Crippen LogP contribution in [0.1, 0.15) is 63.4 Å². The molecule has 0 bridgehead atoms. The molecule has 0 radical (unpaired) electrons. The molecule has 4 fully saturated rings. The lowest BCUT2D eigenvalue weighted by molar-refractivity contribution is -0.142. The molecule has 2 aliphatic heterocycles. The summed E-state index contributed by atoms with van der Waals surface area (Å²) in [5, 5.41) is 0.931. The fourth-order valence-corrected chi connectivity index (χ4v) is 6.06. The van der Waals surface area contributed by atoms with Gasteiger partial charge in [0.2, 0.25) is 11.8 Å². The van der Waals surface area contributed by atoms with Gasteiger partial charge in [0.1, 0.15) is 0 Å². The zero-order valence-electron chi connectivity index (χ0n) is 21.8. The van der Waals surface area contributed by atoms with Crippen LogP contribution in [0.15, 0.2) is 18.2 Å². The molecule has 2 aliphatic carbocycles. The first kappa shape index (κ1) is 26.6. The maximum atomic E-state index is 13.6. The molecule has 1 unspecified atom stereocenters. The number of hydrogen-bond acceptors (Lipinski definition) is 4. The monoisotopic (exact) mass is 549 g/mol. The quantitative estimate of drug-likeness (QED) is 0.469. The van der Waals surface area contributed by atoms with Crippen molar-refractivity contribution in [2.75, 3.05) is 39.8 Å². The molecule has 0 N–H and O–H groups in total. The maximum absolute atomic E-state index is 13.6. The average molecular weight is 551 g/mol. The van der Waals surface area contributed by atoms with E-state index in [-0.39, 0.29) is 41.2 Å². The number of likely N-dealkylation sites (tertiary alicyclic amines) is 2. The molecule has 9 heteroatoms. The van der Waals surface area contributed by atoms with Gasteiger partial charge in [0, 0.05) is 50.5 Å². The van der Waals surface area contributed by atoms with Crippen molar-refractivity contribution in [3.8, 4) is 0 Å². The van der Waals surface area contributed by atoms with Crippen LogP contribution in [0.4, 0.5) is 4.79 Å². The number of nitrogens with zero attached hydrogens (tertiary/aromatic N) is 3. The van der Waals surface area contributed by atoms with E-state index in [4.69, 9.17) is 27.9 Å². The first-order valence-corrected chi connectivity index (χ1v) is 14.3. The summed E-state index contributed by atoms with van der Waals surface area (Å²) in [6.07, 6.45) is 6.28. The molecular formula is C28H37Cl2N3O4. The Morgan fingerprint density at radius 2 is 1.73 bits per heavy atom. The van der Waals surface area contributed by atoms with Crippen molar-refractivity contribution in [3.63, 3.8) is 0 Å². The minimum atomic E-state index is -0.356. The Bertz CT molecular complexity index is 1050. The van der Waals surface area contributed by atoms with Crippen LogP contribution in [0.2, 0.25) is 10.0 Å². The Labute approximate surface area is 229 Å². The molecule has 1 aromatic rings. The number of benzene rings is 1. The zero-order valence-corrected chi connectivity index (χ0v) is 23.3. The van der Waals surface area contributed by atoms with E-state index < -0.39 is 0 Å². The van der Waals surface area contributed by atoms with E-state index in [1.165, 1.54) is 12.8 Å². The number of rotatable bonds is 7. The van der Waals surface area contributed by atoms with Gasteiger partial charge in [-0.15, -0.1) is 0 Å². The van der Waals surface area contributed by atoms with Crippen molar-refractivity contribution in [1.82, 2.24) is 14.7 Å². The summed E-state index contributed by atoms with van der Waals surface area (Å²) < 4.78 is 5.57. The van der Waals surface area contributed by atoms with Gasteiger partial charge in [0.25, 0.3) is 0 Å². The first-order chi connectivity index (χ1) is 17.7. The van der Waals surface area contributed by atoms with E-state index in [0.29, 0.717) is 61.6 Å². The van der Waals surface area contributed by atoms with Crippen molar-refractivity contribution in [2.45, 2.75) is 63.8 Å². The molecule has 0 spiro atoms. The normalized spacial score (nSPS) is 25.2. The predicted molar refractivity (Wildman–Crippen MR) is 143 cm³/mol. The molecule has 37 heavy (non-hydrogen) atoms. The Kier molecular flexibility index (Phi) is 7.65. The number of piperidine rings is 1. The number of carbonyl (C=O) groups is 3. The van der Waals surface area contributed by atoms with E-state index in [0.717, 1.165) is 24.8 Å². The van der Waals surface area contributed by atoms with Gasteiger partial charge in [-0.2, -0.15) is 0 Å². The molecule has 3 amide bonds. The summed E-state index contributed by atoms with van der Waals surface area (Å²) in [6.45, 7) is 4.66. The minimum absolute atomic E-state index is 0.101. The van der Waals surface area contributed by atoms with Gasteiger partial charge in [-0.05, 0) is 55.7 Å². The van der Waals surface area contributed by atoms with Crippen molar-refractivity contribution < 1.29 is 19.1 Å². The summed E-state index contributed by atoms with van der Waals surface area (Å²) in [5.41, 5.74) is 0.773. The van der Waals surface area contributed by atoms with Crippen LogP contribution < -0.4 is 0 Å². The molecule has 2 saturated carbocycles. The van der Waals surface area contributed by atoms with Crippen molar-refractivity contribution in [2.24, 2.45) is 17.3 Å². The number of ether oxygens (including phenoxy) is 1. The van der Waals surface area contributed by atoms with Crippen LogP contribution in [-0.4, -0.2) is 78.5 Å². The Morgan fingerprint density at radius 1 is 1.03 bits per heavy atom. The SMILES string of the molecule is CN(C(=O)OCCC1CC1)C1CN(C(=O)C2CCN(C(=O)C3(C)CC3)CC2)C[C@@H]1c1ccc(Cl)c(Cl)c1. The number of likely N-dealkylation sites (N-methyl/N-ethyl adjacent to an activating group) is 1. The maximum Gasteiger partial charge on any atom is 0.409 e. The fourth-order valence-electron chi connectivity index (χ4n) is 5.76. The van der Waals surface area contributed by atoms with E-state index in [2.05, 4.69) is 0 Å². The molecule has 202 valence electrons. The van der Waals surface area contributed by atoms with Gasteiger partial charge in [-0.1, -0.05) is 49.0 Å². The van der Waals surface area contributed by atoms with Gasteiger partial charge in [-0.3, -0.25) is 9.59 Å². The molecule has 2 heterocycles. The van der Waals surface area contributed by atoms with Crippen LogP contribution >= 0.6 is 23.2 Å². The molecule has 5 rings (SSSR count). The molecule has 2 atom stereocenters. The smallest absolute Gasteiger partial charge is 0.409 e. The van der Waals surface area contributed by atoms with Crippen LogP contribution in [0.25, 0.3) is 0 Å². The van der Waals surface area contributed by atoms with E-state index in [1.54, 1.807) is 18.0 Å². The highest BCUT2D eigenvalue weighted by Crippen LogP contribution is 2.47. The van der Waals surface area contributed by atoms with Gasteiger partial charge in [-0.25, -0.2) is 4.79 Å². The zero-order chi connectivity index (χ0) is 26.3. The summed E-state index contributed by atoms with van der Waals surface area (Å²) >= 11 is 12.5. The predicted octanol–water partition coefficient (Wildman–Crippen LogP) is 5.20. The van der Waals surface area contributed by atoms with E-state index in [9.17, 15) is 14.4 Å². The highest BCUT2D eigenvalue weighted by Gasteiger charge is 2.48.